The third kappa shape index (κ3) is 5.27. The van der Waals surface area contributed by atoms with E-state index in [-0.39, 0.29) is 12.6 Å². The summed E-state index contributed by atoms with van der Waals surface area (Å²) in [5.74, 6) is 0.437. The van der Waals surface area contributed by atoms with E-state index in [1.54, 1.807) is 29.3 Å². The second-order valence-electron chi connectivity index (χ2n) is 8.52. The number of sulfonamides is 1. The number of methoxy groups -OCH3 is 1. The zero-order valence-electron chi connectivity index (χ0n) is 19.7. The molecule has 5 rings (SSSR count). The average molecular weight is 594 g/mol. The van der Waals surface area contributed by atoms with Crippen LogP contribution in [-0.2, 0) is 14.8 Å². The minimum atomic E-state index is -3.39. The lowest BCUT2D eigenvalue weighted by atomic mass is 10.2. The molecule has 1 aliphatic carbocycles. The van der Waals surface area contributed by atoms with Crippen molar-refractivity contribution >= 4 is 54.3 Å². The summed E-state index contributed by atoms with van der Waals surface area (Å²) in [7, 11) is -1.85. The van der Waals surface area contributed by atoms with Crippen LogP contribution in [0, 0.1) is 6.92 Å². The number of hydrogen-bond donors (Lipinski definition) is 2. The smallest absolute Gasteiger partial charge is 0.224 e. The molecule has 0 spiro atoms. The van der Waals surface area contributed by atoms with Crippen LogP contribution >= 0.6 is 27.3 Å². The molecule has 4 aromatic rings. The molecule has 14 heteroatoms. The number of halogens is 1. The van der Waals surface area contributed by atoms with E-state index in [0.29, 0.717) is 42.1 Å². The van der Waals surface area contributed by atoms with E-state index in [0.717, 1.165) is 26.7 Å². The Morgan fingerprint density at radius 1 is 1.22 bits per heavy atom. The summed E-state index contributed by atoms with van der Waals surface area (Å²) in [6, 6.07) is 7.85. The fraction of sp³-hybridized carbons (Fsp3) is 0.409. The molecular formula is C22H25BrN8O3S2. The summed E-state index contributed by atoms with van der Waals surface area (Å²) >= 11 is 5.05. The lowest BCUT2D eigenvalue weighted by Crippen LogP contribution is -2.35. The molecule has 1 aromatic carbocycles. The van der Waals surface area contributed by atoms with E-state index >= 15 is 0 Å². The first-order valence-electron chi connectivity index (χ1n) is 11.4. The van der Waals surface area contributed by atoms with Crippen LogP contribution in [0.3, 0.4) is 0 Å². The van der Waals surface area contributed by atoms with E-state index in [1.807, 2.05) is 31.2 Å². The maximum absolute atomic E-state index is 12.6. The Balaban J connectivity index is 1.33. The van der Waals surface area contributed by atoms with Gasteiger partial charge in [-0.05, 0) is 66.4 Å². The molecule has 36 heavy (non-hydrogen) atoms. The highest BCUT2D eigenvalue weighted by Gasteiger charge is 2.34. The fourth-order valence-corrected chi connectivity index (χ4v) is 6.89. The number of nitrogens with one attached hydrogen (secondary N) is 2. The van der Waals surface area contributed by atoms with E-state index in [4.69, 9.17) is 9.72 Å². The van der Waals surface area contributed by atoms with Gasteiger partial charge in [-0.2, -0.15) is 10.1 Å². The Bertz CT molecular complexity index is 1470. The largest absolute Gasteiger partial charge is 0.383 e. The lowest BCUT2D eigenvalue weighted by molar-refractivity contribution is 0.204. The molecule has 1 saturated carbocycles. The van der Waals surface area contributed by atoms with Gasteiger partial charge in [0.05, 0.1) is 22.9 Å². The third-order valence-corrected chi connectivity index (χ3v) is 9.42. The van der Waals surface area contributed by atoms with Gasteiger partial charge in [-0.1, -0.05) is 11.3 Å². The topological polar surface area (TPSA) is 137 Å². The van der Waals surface area contributed by atoms with Crippen molar-refractivity contribution in [1.29, 1.82) is 0 Å². The van der Waals surface area contributed by atoms with Crippen molar-refractivity contribution in [3.05, 3.63) is 40.1 Å². The van der Waals surface area contributed by atoms with Crippen molar-refractivity contribution in [2.24, 2.45) is 0 Å². The summed E-state index contributed by atoms with van der Waals surface area (Å²) in [5.41, 5.74) is 2.47. The van der Waals surface area contributed by atoms with E-state index < -0.39 is 15.3 Å². The van der Waals surface area contributed by atoms with Crippen LogP contribution in [0.25, 0.3) is 27.3 Å². The molecule has 0 unspecified atom stereocenters. The number of fused-ring (bicyclic) bond motifs is 1. The molecule has 1 fully saturated rings. The van der Waals surface area contributed by atoms with Gasteiger partial charge in [-0.3, -0.25) is 0 Å². The fourth-order valence-electron chi connectivity index (χ4n) is 4.22. The van der Waals surface area contributed by atoms with Crippen molar-refractivity contribution in [3.8, 4) is 16.3 Å². The lowest BCUT2D eigenvalue weighted by Gasteiger charge is -2.14. The van der Waals surface area contributed by atoms with Crippen molar-refractivity contribution in [1.82, 2.24) is 34.7 Å². The molecule has 0 aliphatic heterocycles. The minimum Gasteiger partial charge on any atom is -0.383 e. The van der Waals surface area contributed by atoms with Crippen LogP contribution < -0.4 is 10.0 Å². The second-order valence-corrected chi connectivity index (χ2v) is 12.5. The van der Waals surface area contributed by atoms with Gasteiger partial charge in [0, 0.05) is 31.5 Å². The summed E-state index contributed by atoms with van der Waals surface area (Å²) in [6.45, 7) is 2.54. The molecule has 190 valence electrons. The highest BCUT2D eigenvalue weighted by molar-refractivity contribution is 9.10. The van der Waals surface area contributed by atoms with Gasteiger partial charge in [0.15, 0.2) is 5.65 Å². The standard InChI is InChI=1S/C22H25BrN8O3S2/c1-13-28-29-21(35-13)14-3-6-16(7-4-14)31-20-18(19(23)30-31)12-24-22(27-20)26-15-5-8-17(11-15)36(32,33)25-9-10-34-2/h3-4,6-7,12,15,17,25H,5,8-11H2,1-2H3,(H,24,26,27)/t15-,17-/m1/s1. The van der Waals surface area contributed by atoms with Gasteiger partial charge in [-0.25, -0.2) is 22.8 Å². The maximum atomic E-state index is 12.6. The predicted molar refractivity (Wildman–Crippen MR) is 142 cm³/mol. The first-order valence-corrected chi connectivity index (χ1v) is 14.6. The van der Waals surface area contributed by atoms with Gasteiger partial charge < -0.3 is 10.1 Å². The Hall–Kier alpha value is -2.52. The van der Waals surface area contributed by atoms with Gasteiger partial charge in [-0.15, -0.1) is 10.2 Å². The number of nitrogens with zero attached hydrogens (tertiary/aromatic N) is 6. The number of aryl methyl sites for hydroxylation is 1. The van der Waals surface area contributed by atoms with Crippen LogP contribution in [0.4, 0.5) is 5.95 Å². The Labute approximate surface area is 220 Å². The second kappa shape index (κ2) is 10.5. The van der Waals surface area contributed by atoms with Crippen LogP contribution in [0.15, 0.2) is 35.1 Å². The van der Waals surface area contributed by atoms with Crippen molar-refractivity contribution in [2.75, 3.05) is 25.6 Å². The zero-order valence-corrected chi connectivity index (χ0v) is 22.9. The van der Waals surface area contributed by atoms with Gasteiger partial charge >= 0.3 is 0 Å². The molecule has 3 aromatic heterocycles. The molecule has 0 radical (unpaired) electrons. The highest BCUT2D eigenvalue weighted by atomic mass is 79.9. The third-order valence-electron chi connectivity index (χ3n) is 6.03. The van der Waals surface area contributed by atoms with Crippen LogP contribution in [0.2, 0.25) is 0 Å². The molecule has 0 saturated heterocycles. The van der Waals surface area contributed by atoms with Crippen LogP contribution in [0.5, 0.6) is 0 Å². The molecule has 1 aliphatic rings. The summed E-state index contributed by atoms with van der Waals surface area (Å²) in [4.78, 5) is 9.16. The first kappa shape index (κ1) is 25.1. The molecule has 3 heterocycles. The van der Waals surface area contributed by atoms with Gasteiger partial charge in [0.1, 0.15) is 14.6 Å². The molecule has 0 bridgehead atoms. The van der Waals surface area contributed by atoms with Gasteiger partial charge in [0.25, 0.3) is 0 Å². The van der Waals surface area contributed by atoms with E-state index in [2.05, 4.69) is 46.2 Å². The number of aromatic nitrogens is 6. The summed E-state index contributed by atoms with van der Waals surface area (Å²) in [5, 5.41) is 18.3. The molecule has 2 atom stereocenters. The van der Waals surface area contributed by atoms with Crippen molar-refractivity contribution in [3.63, 3.8) is 0 Å². The quantitative estimate of drug-likeness (QED) is 0.280. The SMILES string of the molecule is COCCNS(=O)(=O)[C@@H]1CC[C@@H](Nc2ncc3c(Br)nn(-c4ccc(-c5nnc(C)s5)cc4)c3n2)C1. The maximum Gasteiger partial charge on any atom is 0.224 e. The minimum absolute atomic E-state index is 0.0408. The normalized spacial score (nSPS) is 18.2. The van der Waals surface area contributed by atoms with E-state index in [9.17, 15) is 8.42 Å². The van der Waals surface area contributed by atoms with Crippen molar-refractivity contribution in [2.45, 2.75) is 37.5 Å². The average Bonchev–Trinajstić information content (AvgIpc) is 3.59. The molecule has 2 N–H and O–H groups in total. The van der Waals surface area contributed by atoms with Crippen LogP contribution in [-0.4, -0.2) is 69.9 Å². The predicted octanol–water partition coefficient (Wildman–Crippen LogP) is 3.30. The molecule has 0 amide bonds. The number of ether oxygens (including phenoxy) is 1. The van der Waals surface area contributed by atoms with E-state index in [1.165, 1.54) is 0 Å². The Kier molecular flexibility index (Phi) is 7.30. The number of anilines is 1. The van der Waals surface area contributed by atoms with Gasteiger partial charge in [0.2, 0.25) is 16.0 Å². The zero-order chi connectivity index (χ0) is 25.3. The summed E-state index contributed by atoms with van der Waals surface area (Å²) in [6.07, 6.45) is 3.49. The molecule has 11 nitrogen and oxygen atoms in total. The highest BCUT2D eigenvalue weighted by Crippen LogP contribution is 2.30. The van der Waals surface area contributed by atoms with Crippen molar-refractivity contribution < 1.29 is 13.2 Å². The number of benzene rings is 1. The monoisotopic (exact) mass is 592 g/mol. The Morgan fingerprint density at radius 3 is 2.75 bits per heavy atom. The van der Waals surface area contributed by atoms with Crippen LogP contribution in [0.1, 0.15) is 24.3 Å². The number of rotatable bonds is 9. The molecular weight excluding hydrogens is 568 g/mol. The first-order chi connectivity index (χ1) is 17.3. The Morgan fingerprint density at radius 2 is 2.03 bits per heavy atom. The summed E-state index contributed by atoms with van der Waals surface area (Å²) < 4.78 is 35.0. The number of hydrogen-bond acceptors (Lipinski definition) is 10.